The number of carbonyl (C=O) groups is 2. The molecule has 1 aliphatic carbocycles. The molecule has 0 aromatic heterocycles. The summed E-state index contributed by atoms with van der Waals surface area (Å²) in [5.74, 6) is -1.05. The van der Waals surface area contributed by atoms with E-state index in [0.717, 1.165) is 0 Å². The smallest absolute Gasteiger partial charge is 0.422 e. The van der Waals surface area contributed by atoms with E-state index in [2.05, 4.69) is 4.74 Å². The highest BCUT2D eigenvalue weighted by Gasteiger charge is 2.50. The van der Waals surface area contributed by atoms with Crippen LogP contribution in [-0.2, 0) is 19.7 Å². The molecule has 8 nitrogen and oxygen atoms in total. The molecule has 9 heteroatoms. The highest BCUT2D eigenvalue weighted by atomic mass is 32.2. The van der Waals surface area contributed by atoms with E-state index in [1.165, 1.54) is 0 Å². The summed E-state index contributed by atoms with van der Waals surface area (Å²) in [4.78, 5) is 21.9. The van der Waals surface area contributed by atoms with Crippen molar-refractivity contribution in [2.24, 2.45) is 5.41 Å². The Morgan fingerprint density at radius 2 is 1.94 bits per heavy atom. The first-order valence-electron chi connectivity index (χ1n) is 5.38. The van der Waals surface area contributed by atoms with Gasteiger partial charge in [-0.25, -0.2) is 9.52 Å². The summed E-state index contributed by atoms with van der Waals surface area (Å²) in [6.45, 7) is 2.90. The van der Waals surface area contributed by atoms with E-state index >= 15 is 0 Å². The maximum absolute atomic E-state index is 11.4. The number of carboxylic acids is 1. The Balaban J connectivity index is 2.46. The number of nitrogens with one attached hydrogen (secondary N) is 2. The highest BCUT2D eigenvalue weighted by molar-refractivity contribution is 7.88. The molecule has 1 aliphatic rings. The molecule has 0 aromatic carbocycles. The van der Waals surface area contributed by atoms with Crippen molar-refractivity contribution >= 4 is 22.3 Å². The standard InChI is InChI=1S/C9H16N2O6S/c1-6(2)17-8(14)11-18(15,16)10-5-9(3-4-9)7(12)13/h6,10H,3-5H2,1-2H3,(H,11,14)(H,12,13). The lowest BCUT2D eigenvalue weighted by atomic mass is 10.1. The average molecular weight is 280 g/mol. The Bertz CT molecular complexity index is 440. The molecule has 0 unspecified atom stereocenters. The second-order valence-corrected chi connectivity index (χ2v) is 5.97. The zero-order valence-electron chi connectivity index (χ0n) is 10.1. The number of hydrogen-bond donors (Lipinski definition) is 3. The van der Waals surface area contributed by atoms with E-state index in [9.17, 15) is 18.0 Å². The minimum Gasteiger partial charge on any atom is -0.481 e. The third-order valence-corrected chi connectivity index (χ3v) is 3.43. The second-order valence-electron chi connectivity index (χ2n) is 4.47. The van der Waals surface area contributed by atoms with Gasteiger partial charge in [0.25, 0.3) is 0 Å². The fourth-order valence-electron chi connectivity index (χ4n) is 1.23. The van der Waals surface area contributed by atoms with Crippen molar-refractivity contribution in [1.29, 1.82) is 0 Å². The molecule has 1 rings (SSSR count). The quantitative estimate of drug-likeness (QED) is 0.620. The van der Waals surface area contributed by atoms with Gasteiger partial charge in [0.1, 0.15) is 0 Å². The Morgan fingerprint density at radius 3 is 2.33 bits per heavy atom. The lowest BCUT2D eigenvalue weighted by Gasteiger charge is -2.13. The molecule has 0 aromatic rings. The first-order valence-corrected chi connectivity index (χ1v) is 6.87. The van der Waals surface area contributed by atoms with Crippen molar-refractivity contribution in [2.75, 3.05) is 6.54 Å². The van der Waals surface area contributed by atoms with Gasteiger partial charge >= 0.3 is 22.3 Å². The minimum absolute atomic E-state index is 0.243. The first-order chi connectivity index (χ1) is 8.17. The molecular formula is C9H16N2O6S. The van der Waals surface area contributed by atoms with Crippen LogP contribution in [0, 0.1) is 5.41 Å². The van der Waals surface area contributed by atoms with Crippen LogP contribution in [0.4, 0.5) is 4.79 Å². The summed E-state index contributed by atoms with van der Waals surface area (Å²) < 4.78 is 31.1. The molecule has 1 saturated carbocycles. The summed E-state index contributed by atoms with van der Waals surface area (Å²) in [7, 11) is -4.09. The number of aliphatic carboxylic acids is 1. The molecular weight excluding hydrogens is 264 g/mol. The van der Waals surface area contributed by atoms with E-state index in [1.807, 2.05) is 4.72 Å². The largest absolute Gasteiger partial charge is 0.481 e. The molecule has 0 bridgehead atoms. The SMILES string of the molecule is CC(C)OC(=O)NS(=O)(=O)NCC1(C(=O)O)CC1. The molecule has 0 spiro atoms. The normalized spacial score (nSPS) is 17.3. The van der Waals surface area contributed by atoms with Gasteiger partial charge in [-0.3, -0.25) is 4.79 Å². The van der Waals surface area contributed by atoms with Crippen LogP contribution in [0.1, 0.15) is 26.7 Å². The summed E-state index contributed by atoms with van der Waals surface area (Å²) in [5, 5.41) is 8.85. The molecule has 3 N–H and O–H groups in total. The van der Waals surface area contributed by atoms with Crippen LogP contribution < -0.4 is 9.44 Å². The molecule has 18 heavy (non-hydrogen) atoms. The average Bonchev–Trinajstić information content (AvgIpc) is 2.92. The van der Waals surface area contributed by atoms with Crippen molar-refractivity contribution in [1.82, 2.24) is 9.44 Å². The van der Waals surface area contributed by atoms with Gasteiger partial charge < -0.3 is 9.84 Å². The molecule has 1 fully saturated rings. The topological polar surface area (TPSA) is 122 Å². The summed E-state index contributed by atoms with van der Waals surface area (Å²) in [6, 6.07) is 0. The maximum atomic E-state index is 11.4. The van der Waals surface area contributed by atoms with Crippen LogP contribution in [0.15, 0.2) is 0 Å². The van der Waals surface area contributed by atoms with Gasteiger partial charge in [-0.1, -0.05) is 0 Å². The van der Waals surface area contributed by atoms with Crippen LogP contribution >= 0.6 is 0 Å². The van der Waals surface area contributed by atoms with Gasteiger partial charge in [0.2, 0.25) is 0 Å². The fourth-order valence-corrected chi connectivity index (χ4v) is 2.04. The Morgan fingerprint density at radius 1 is 1.39 bits per heavy atom. The number of amides is 1. The van der Waals surface area contributed by atoms with E-state index in [0.29, 0.717) is 12.8 Å². The lowest BCUT2D eigenvalue weighted by molar-refractivity contribution is -0.143. The van der Waals surface area contributed by atoms with Gasteiger partial charge in [-0.2, -0.15) is 13.1 Å². The molecule has 0 heterocycles. The number of ether oxygens (including phenoxy) is 1. The van der Waals surface area contributed by atoms with Gasteiger partial charge in [-0.05, 0) is 26.7 Å². The second kappa shape index (κ2) is 5.11. The van der Waals surface area contributed by atoms with Gasteiger partial charge in [0.15, 0.2) is 0 Å². The van der Waals surface area contributed by atoms with Crippen LogP contribution in [-0.4, -0.2) is 38.2 Å². The predicted octanol–water partition coefficient (Wildman–Crippen LogP) is -0.180. The van der Waals surface area contributed by atoms with Crippen LogP contribution in [0.3, 0.4) is 0 Å². The molecule has 0 saturated heterocycles. The van der Waals surface area contributed by atoms with Crippen molar-refractivity contribution in [2.45, 2.75) is 32.8 Å². The predicted molar refractivity (Wildman–Crippen MR) is 61.0 cm³/mol. The summed E-state index contributed by atoms with van der Waals surface area (Å²) in [5.41, 5.74) is -1.03. The van der Waals surface area contributed by atoms with E-state index in [1.54, 1.807) is 18.6 Å². The Kier molecular flexibility index (Phi) is 4.17. The third kappa shape index (κ3) is 4.15. The Labute approximate surface area is 105 Å². The van der Waals surface area contributed by atoms with Crippen molar-refractivity contribution < 1.29 is 27.9 Å². The number of carboxylic acid groups (broad SMARTS) is 1. The monoisotopic (exact) mass is 280 g/mol. The zero-order chi connectivity index (χ0) is 14.0. The van der Waals surface area contributed by atoms with Crippen LogP contribution in [0.25, 0.3) is 0 Å². The fraction of sp³-hybridized carbons (Fsp3) is 0.778. The minimum atomic E-state index is -4.09. The summed E-state index contributed by atoms with van der Waals surface area (Å²) >= 11 is 0. The summed E-state index contributed by atoms with van der Waals surface area (Å²) in [6.07, 6.45) is -0.713. The van der Waals surface area contributed by atoms with Crippen molar-refractivity contribution in [3.63, 3.8) is 0 Å². The van der Waals surface area contributed by atoms with E-state index in [-0.39, 0.29) is 6.54 Å². The molecule has 104 valence electrons. The van der Waals surface area contributed by atoms with E-state index in [4.69, 9.17) is 5.11 Å². The first kappa shape index (κ1) is 14.7. The van der Waals surface area contributed by atoms with Gasteiger partial charge in [0.05, 0.1) is 11.5 Å². The number of hydrogen-bond acceptors (Lipinski definition) is 5. The zero-order valence-corrected chi connectivity index (χ0v) is 10.9. The molecule has 0 radical (unpaired) electrons. The van der Waals surface area contributed by atoms with Crippen molar-refractivity contribution in [3.8, 4) is 0 Å². The highest BCUT2D eigenvalue weighted by Crippen LogP contribution is 2.45. The van der Waals surface area contributed by atoms with Gasteiger partial charge in [-0.15, -0.1) is 0 Å². The van der Waals surface area contributed by atoms with E-state index < -0.39 is 33.8 Å². The number of carbonyl (C=O) groups excluding carboxylic acids is 1. The number of rotatable bonds is 6. The third-order valence-electron chi connectivity index (χ3n) is 2.47. The molecule has 0 atom stereocenters. The van der Waals surface area contributed by atoms with Crippen LogP contribution in [0.5, 0.6) is 0 Å². The van der Waals surface area contributed by atoms with Gasteiger partial charge in [0, 0.05) is 6.54 Å². The molecule has 1 amide bonds. The maximum Gasteiger partial charge on any atom is 0.422 e. The Hall–Kier alpha value is -1.35. The lowest BCUT2D eigenvalue weighted by Crippen LogP contribution is -2.44. The molecule has 0 aliphatic heterocycles. The van der Waals surface area contributed by atoms with Crippen LogP contribution in [0.2, 0.25) is 0 Å². The van der Waals surface area contributed by atoms with Crippen molar-refractivity contribution in [3.05, 3.63) is 0 Å².